The molecule has 1 saturated carbocycles. The SMILES string of the molecule is O=C(Cc1cc2c(oc1=O)C=CC1C(C3CCCC3)=COC21)NCC(O)CO. The molecule has 150 valence electrons. The van der Waals surface area contributed by atoms with Gasteiger partial charge in [-0.05, 0) is 36.5 Å². The second-order valence-corrected chi connectivity index (χ2v) is 7.74. The maximum Gasteiger partial charge on any atom is 0.339 e. The molecule has 7 nitrogen and oxygen atoms in total. The Morgan fingerprint density at radius 2 is 2.11 bits per heavy atom. The molecule has 1 aliphatic heterocycles. The van der Waals surface area contributed by atoms with Crippen molar-refractivity contribution in [2.45, 2.75) is 44.3 Å². The molecule has 3 atom stereocenters. The highest BCUT2D eigenvalue weighted by molar-refractivity contribution is 5.78. The molecule has 0 bridgehead atoms. The zero-order valence-electron chi connectivity index (χ0n) is 15.6. The lowest BCUT2D eigenvalue weighted by molar-refractivity contribution is -0.121. The topological polar surface area (TPSA) is 109 Å². The number of hydrogen-bond acceptors (Lipinski definition) is 6. The van der Waals surface area contributed by atoms with Gasteiger partial charge in [0.15, 0.2) is 0 Å². The maximum atomic E-state index is 12.3. The third-order valence-corrected chi connectivity index (χ3v) is 5.83. The predicted octanol–water partition coefficient (Wildman–Crippen LogP) is 1.44. The fourth-order valence-electron chi connectivity index (χ4n) is 4.34. The molecule has 3 aliphatic rings. The molecule has 7 heteroatoms. The summed E-state index contributed by atoms with van der Waals surface area (Å²) in [6.45, 7) is -0.513. The van der Waals surface area contributed by atoms with E-state index in [1.807, 2.05) is 12.3 Å². The van der Waals surface area contributed by atoms with E-state index in [2.05, 4.69) is 11.4 Å². The smallest absolute Gasteiger partial charge is 0.339 e. The summed E-state index contributed by atoms with van der Waals surface area (Å²) in [5.41, 5.74) is 1.80. The van der Waals surface area contributed by atoms with Crippen LogP contribution in [0, 0.1) is 11.8 Å². The van der Waals surface area contributed by atoms with Crippen LogP contribution in [0.25, 0.3) is 6.08 Å². The van der Waals surface area contributed by atoms with E-state index in [1.54, 1.807) is 6.07 Å². The Balaban J connectivity index is 1.51. The van der Waals surface area contributed by atoms with Gasteiger partial charge in [0.1, 0.15) is 11.9 Å². The van der Waals surface area contributed by atoms with Crippen LogP contribution < -0.4 is 10.9 Å². The number of carbonyl (C=O) groups excluding carboxylic acids is 1. The number of aliphatic hydroxyl groups is 2. The molecule has 1 aromatic heterocycles. The molecular formula is C21H25NO6. The van der Waals surface area contributed by atoms with Crippen LogP contribution >= 0.6 is 0 Å². The Labute approximate surface area is 162 Å². The van der Waals surface area contributed by atoms with E-state index >= 15 is 0 Å². The first-order valence-electron chi connectivity index (χ1n) is 9.83. The highest BCUT2D eigenvalue weighted by atomic mass is 16.5. The first-order chi connectivity index (χ1) is 13.6. The molecule has 3 N–H and O–H groups in total. The van der Waals surface area contributed by atoms with Crippen molar-refractivity contribution < 1.29 is 24.2 Å². The Bertz CT molecular complexity index is 864. The minimum Gasteiger partial charge on any atom is -0.492 e. The third kappa shape index (κ3) is 3.64. The number of hydrogen-bond donors (Lipinski definition) is 3. The highest BCUT2D eigenvalue weighted by Gasteiger charge is 2.39. The number of fused-ring (bicyclic) bond motifs is 3. The van der Waals surface area contributed by atoms with Crippen molar-refractivity contribution in [2.24, 2.45) is 11.8 Å². The summed E-state index contributed by atoms with van der Waals surface area (Å²) >= 11 is 0. The number of rotatable bonds is 6. The molecule has 0 radical (unpaired) electrons. The Morgan fingerprint density at radius 3 is 2.86 bits per heavy atom. The van der Waals surface area contributed by atoms with Gasteiger partial charge in [-0.15, -0.1) is 0 Å². The molecule has 4 rings (SSSR count). The van der Waals surface area contributed by atoms with E-state index in [1.165, 1.54) is 31.3 Å². The summed E-state index contributed by atoms with van der Waals surface area (Å²) in [6.07, 6.45) is 9.22. The molecule has 2 heterocycles. The molecule has 1 amide bonds. The van der Waals surface area contributed by atoms with E-state index in [-0.39, 0.29) is 30.6 Å². The molecule has 0 spiro atoms. The lowest BCUT2D eigenvalue weighted by Crippen LogP contribution is -2.35. The van der Waals surface area contributed by atoms with Gasteiger partial charge in [0.2, 0.25) is 5.91 Å². The van der Waals surface area contributed by atoms with Gasteiger partial charge in [0, 0.05) is 23.6 Å². The number of nitrogens with one attached hydrogen (secondary N) is 1. The second-order valence-electron chi connectivity index (χ2n) is 7.74. The molecule has 1 fully saturated rings. The van der Waals surface area contributed by atoms with Crippen molar-refractivity contribution in [3.05, 3.63) is 51.3 Å². The van der Waals surface area contributed by atoms with E-state index in [9.17, 15) is 14.7 Å². The molecule has 0 aromatic carbocycles. The number of aliphatic hydroxyl groups excluding tert-OH is 2. The second kappa shape index (κ2) is 7.93. The third-order valence-electron chi connectivity index (χ3n) is 5.83. The summed E-state index contributed by atoms with van der Waals surface area (Å²) in [5.74, 6) is 0.761. The summed E-state index contributed by atoms with van der Waals surface area (Å²) in [7, 11) is 0. The fraction of sp³-hybridized carbons (Fsp3) is 0.524. The fourth-order valence-corrected chi connectivity index (χ4v) is 4.34. The predicted molar refractivity (Wildman–Crippen MR) is 101 cm³/mol. The van der Waals surface area contributed by atoms with Crippen LogP contribution in [0.15, 0.2) is 33.2 Å². The number of carbonyl (C=O) groups is 1. The Hall–Kier alpha value is -2.38. The molecule has 2 aliphatic carbocycles. The first-order valence-corrected chi connectivity index (χ1v) is 9.83. The van der Waals surface area contributed by atoms with E-state index in [4.69, 9.17) is 14.3 Å². The molecule has 3 unspecified atom stereocenters. The van der Waals surface area contributed by atoms with Crippen LogP contribution in [0.2, 0.25) is 0 Å². The van der Waals surface area contributed by atoms with E-state index < -0.39 is 24.2 Å². The summed E-state index contributed by atoms with van der Waals surface area (Å²) in [6, 6.07) is 1.70. The van der Waals surface area contributed by atoms with Gasteiger partial charge < -0.3 is 24.7 Å². The summed E-state index contributed by atoms with van der Waals surface area (Å²) in [4.78, 5) is 24.3. The summed E-state index contributed by atoms with van der Waals surface area (Å²) < 4.78 is 11.4. The molecule has 28 heavy (non-hydrogen) atoms. The largest absolute Gasteiger partial charge is 0.492 e. The van der Waals surface area contributed by atoms with Crippen LogP contribution in [0.4, 0.5) is 0 Å². The number of amides is 1. The highest BCUT2D eigenvalue weighted by Crippen LogP contribution is 2.48. The van der Waals surface area contributed by atoms with Crippen LogP contribution in [0.1, 0.15) is 48.7 Å². The minimum absolute atomic E-state index is 0.0726. The average Bonchev–Trinajstić information content (AvgIpc) is 3.36. The van der Waals surface area contributed by atoms with Gasteiger partial charge in [-0.2, -0.15) is 0 Å². The van der Waals surface area contributed by atoms with Gasteiger partial charge in [0.25, 0.3) is 0 Å². The van der Waals surface area contributed by atoms with Crippen LogP contribution in [-0.4, -0.2) is 35.4 Å². The van der Waals surface area contributed by atoms with Crippen LogP contribution in [-0.2, 0) is 16.0 Å². The maximum absolute atomic E-state index is 12.3. The minimum atomic E-state index is -1.03. The normalized spacial score (nSPS) is 24.3. The van der Waals surface area contributed by atoms with Gasteiger partial charge in [-0.25, -0.2) is 4.79 Å². The van der Waals surface area contributed by atoms with Gasteiger partial charge in [-0.3, -0.25) is 4.79 Å². The molecular weight excluding hydrogens is 362 g/mol. The standard InChI is InChI=1S/C21H25NO6/c23-10-14(24)9-22-19(25)8-13-7-16-18(28-21(13)26)6-5-15-17(11-27-20(15)16)12-3-1-2-4-12/h5-7,11-12,14-15,20,23-24H,1-4,8-10H2,(H,22,25). The van der Waals surface area contributed by atoms with Crippen LogP contribution in [0.5, 0.6) is 0 Å². The van der Waals surface area contributed by atoms with E-state index in [0.717, 1.165) is 5.56 Å². The zero-order chi connectivity index (χ0) is 19.7. The van der Waals surface area contributed by atoms with Crippen molar-refractivity contribution in [2.75, 3.05) is 13.2 Å². The average molecular weight is 387 g/mol. The van der Waals surface area contributed by atoms with Crippen molar-refractivity contribution in [3.63, 3.8) is 0 Å². The van der Waals surface area contributed by atoms with Gasteiger partial charge in [-0.1, -0.05) is 18.9 Å². The van der Waals surface area contributed by atoms with Crippen molar-refractivity contribution in [1.29, 1.82) is 0 Å². The van der Waals surface area contributed by atoms with Crippen LogP contribution in [0.3, 0.4) is 0 Å². The van der Waals surface area contributed by atoms with E-state index in [0.29, 0.717) is 11.7 Å². The number of ether oxygens (including phenoxy) is 1. The Morgan fingerprint density at radius 1 is 1.32 bits per heavy atom. The quantitative estimate of drug-likeness (QED) is 0.682. The lowest BCUT2D eigenvalue weighted by atomic mass is 9.80. The molecule has 0 saturated heterocycles. The summed E-state index contributed by atoms with van der Waals surface area (Å²) in [5, 5.41) is 20.6. The monoisotopic (exact) mass is 387 g/mol. The van der Waals surface area contributed by atoms with Crippen molar-refractivity contribution >= 4 is 12.0 Å². The lowest BCUT2D eigenvalue weighted by Gasteiger charge is -2.25. The van der Waals surface area contributed by atoms with Gasteiger partial charge >= 0.3 is 5.63 Å². The van der Waals surface area contributed by atoms with Crippen molar-refractivity contribution in [3.8, 4) is 0 Å². The van der Waals surface area contributed by atoms with Crippen molar-refractivity contribution in [1.82, 2.24) is 5.32 Å². The zero-order valence-corrected chi connectivity index (χ0v) is 15.6. The Kier molecular flexibility index (Phi) is 5.37. The van der Waals surface area contributed by atoms with Gasteiger partial charge in [0.05, 0.1) is 25.4 Å². The first kappa shape index (κ1) is 19.0. The molecule has 1 aromatic rings.